The Morgan fingerprint density at radius 3 is 1.54 bits per heavy atom. The summed E-state index contributed by atoms with van der Waals surface area (Å²) in [7, 11) is 0. The van der Waals surface area contributed by atoms with Crippen LogP contribution in [0.5, 0.6) is 5.75 Å². The molecule has 0 aliphatic rings. The van der Waals surface area contributed by atoms with Crippen LogP contribution < -0.4 is 0 Å². The van der Waals surface area contributed by atoms with Gasteiger partial charge in [-0.05, 0) is 70.2 Å². The molecule has 0 fully saturated rings. The summed E-state index contributed by atoms with van der Waals surface area (Å²) < 4.78 is 4.60. The number of benzene rings is 6. The Hall–Kier alpha value is -5.25. The standard InChI is InChI=1S/C50H49N4O.Pt/c1-30(2)35-20-14-21-36(31(3)4)46(35)53-43-28-13-12-27-42(43)51-50(53)41-26-16-25-40(48(41)55)39-24-17-29-44-45(39)52-49(34-18-10-9-11-19-34)54(44)47-37(32(5)6)22-15-23-38(47)33(7)8;/h9-18,20-33,55H,1-8H3;/q-1;. The van der Waals surface area contributed by atoms with Gasteiger partial charge in [0.15, 0.2) is 0 Å². The number of hydrogen-bond donors (Lipinski definition) is 1. The second-order valence-electron chi connectivity index (χ2n) is 15.9. The average Bonchev–Trinajstić information content (AvgIpc) is 3.77. The Kier molecular flexibility index (Phi) is 10.9. The first kappa shape index (κ1) is 39.0. The molecule has 286 valence electrons. The van der Waals surface area contributed by atoms with E-state index < -0.39 is 0 Å². The molecule has 0 aliphatic carbocycles. The largest absolute Gasteiger partial charge is 0.507 e. The van der Waals surface area contributed by atoms with Gasteiger partial charge < -0.3 is 9.67 Å². The second kappa shape index (κ2) is 15.7. The predicted molar refractivity (Wildman–Crippen MR) is 229 cm³/mol. The van der Waals surface area contributed by atoms with Crippen LogP contribution in [-0.2, 0) is 21.1 Å². The van der Waals surface area contributed by atoms with E-state index in [2.05, 4.69) is 149 Å². The van der Waals surface area contributed by atoms with Crippen LogP contribution >= 0.6 is 0 Å². The van der Waals surface area contributed by atoms with Crippen molar-refractivity contribution in [1.82, 2.24) is 19.1 Å². The van der Waals surface area contributed by atoms with E-state index in [1.807, 2.05) is 42.5 Å². The number of imidazole rings is 2. The van der Waals surface area contributed by atoms with Crippen LogP contribution in [-0.4, -0.2) is 24.2 Å². The summed E-state index contributed by atoms with van der Waals surface area (Å²) in [5.74, 6) is 2.85. The summed E-state index contributed by atoms with van der Waals surface area (Å²) in [6.07, 6.45) is 0. The minimum absolute atomic E-state index is 0. The Morgan fingerprint density at radius 2 is 0.964 bits per heavy atom. The van der Waals surface area contributed by atoms with Gasteiger partial charge in [0.1, 0.15) is 11.6 Å². The Labute approximate surface area is 345 Å². The van der Waals surface area contributed by atoms with Crippen molar-refractivity contribution in [1.29, 1.82) is 0 Å². The van der Waals surface area contributed by atoms with E-state index >= 15 is 0 Å². The molecule has 1 N–H and O–H groups in total. The molecule has 0 bridgehead atoms. The topological polar surface area (TPSA) is 55.9 Å². The van der Waals surface area contributed by atoms with Gasteiger partial charge in [0.2, 0.25) is 0 Å². The van der Waals surface area contributed by atoms with Crippen molar-refractivity contribution in [2.24, 2.45) is 0 Å². The van der Waals surface area contributed by atoms with Gasteiger partial charge in [-0.15, -0.1) is 35.9 Å². The van der Waals surface area contributed by atoms with Crippen molar-refractivity contribution in [3.63, 3.8) is 0 Å². The first-order valence-corrected chi connectivity index (χ1v) is 19.6. The molecular weight excluding hydrogens is 868 g/mol. The van der Waals surface area contributed by atoms with Crippen LogP contribution in [0.2, 0.25) is 0 Å². The van der Waals surface area contributed by atoms with Crippen LogP contribution in [0.3, 0.4) is 0 Å². The minimum Gasteiger partial charge on any atom is -0.507 e. The number of aromatic nitrogens is 4. The molecule has 0 unspecified atom stereocenters. The minimum atomic E-state index is 0. The maximum Gasteiger partial charge on any atom is 0.149 e. The molecule has 6 aromatic carbocycles. The van der Waals surface area contributed by atoms with Gasteiger partial charge in [-0.3, -0.25) is 9.55 Å². The molecule has 0 saturated heterocycles. The summed E-state index contributed by atoms with van der Waals surface area (Å²) >= 11 is 0. The number of para-hydroxylation sites is 6. The van der Waals surface area contributed by atoms with Crippen LogP contribution in [0.4, 0.5) is 0 Å². The quantitative estimate of drug-likeness (QED) is 0.147. The van der Waals surface area contributed by atoms with Gasteiger partial charge in [-0.1, -0.05) is 128 Å². The molecule has 0 aliphatic heterocycles. The molecule has 0 atom stereocenters. The maximum absolute atomic E-state index is 12.6. The molecule has 5 nitrogen and oxygen atoms in total. The van der Waals surface area contributed by atoms with E-state index in [1.165, 1.54) is 22.3 Å². The molecular formula is C50H49N4OPt-. The van der Waals surface area contributed by atoms with Gasteiger partial charge in [0.25, 0.3) is 0 Å². The summed E-state index contributed by atoms with van der Waals surface area (Å²) in [6, 6.07) is 45.4. The van der Waals surface area contributed by atoms with Crippen LogP contribution in [0.1, 0.15) is 101 Å². The molecule has 2 heterocycles. The molecule has 0 spiro atoms. The number of phenolic OH excluding ortho intramolecular Hbond substituents is 1. The zero-order chi connectivity index (χ0) is 38.5. The van der Waals surface area contributed by atoms with Gasteiger partial charge in [-0.25, -0.2) is 4.98 Å². The molecule has 56 heavy (non-hydrogen) atoms. The SMILES string of the molecule is CC(C)c1cccc(C(C)C)c1-n1c(-c2cccc(-c3cccc4c3nc(-c3[c-]cccc3)n4-c3c(C(C)C)cccc3C(C)C)c2O)nc2ccccc21.[Pt]. The summed E-state index contributed by atoms with van der Waals surface area (Å²) in [5, 5.41) is 12.6. The number of nitrogens with zero attached hydrogens (tertiary/aromatic N) is 4. The Balaban J connectivity index is 0.00000480. The van der Waals surface area contributed by atoms with Crippen LogP contribution in [0.15, 0.2) is 121 Å². The number of hydrogen-bond acceptors (Lipinski definition) is 3. The van der Waals surface area contributed by atoms with Crippen molar-refractivity contribution in [3.05, 3.63) is 150 Å². The second-order valence-corrected chi connectivity index (χ2v) is 15.9. The van der Waals surface area contributed by atoms with Gasteiger partial charge >= 0.3 is 0 Å². The number of rotatable bonds is 9. The van der Waals surface area contributed by atoms with Crippen molar-refractivity contribution in [2.45, 2.75) is 79.1 Å². The zero-order valence-electron chi connectivity index (χ0n) is 33.4. The first-order chi connectivity index (χ1) is 26.6. The molecule has 2 aromatic heterocycles. The van der Waals surface area contributed by atoms with Crippen molar-refractivity contribution in [3.8, 4) is 51.0 Å². The third-order valence-electron chi connectivity index (χ3n) is 10.9. The summed E-state index contributed by atoms with van der Waals surface area (Å²) in [6.45, 7) is 18.0. The molecule has 8 rings (SSSR count). The number of aromatic hydroxyl groups is 1. The van der Waals surface area contributed by atoms with Gasteiger partial charge in [0.05, 0.1) is 39.1 Å². The maximum atomic E-state index is 12.6. The van der Waals surface area contributed by atoms with Crippen molar-refractivity contribution >= 4 is 22.1 Å². The molecule has 0 radical (unpaired) electrons. The third-order valence-corrected chi connectivity index (χ3v) is 10.9. The van der Waals surface area contributed by atoms with Gasteiger partial charge in [-0.2, -0.15) is 0 Å². The Bertz CT molecular complexity index is 2630. The van der Waals surface area contributed by atoms with Crippen molar-refractivity contribution in [2.75, 3.05) is 0 Å². The number of fused-ring (bicyclic) bond motifs is 2. The fourth-order valence-corrected chi connectivity index (χ4v) is 8.17. The van der Waals surface area contributed by atoms with E-state index in [1.54, 1.807) is 0 Å². The molecule has 8 aromatic rings. The van der Waals surface area contributed by atoms with E-state index in [4.69, 9.17) is 9.97 Å². The fraction of sp³-hybridized carbons (Fsp3) is 0.240. The average molecular weight is 917 g/mol. The Morgan fingerprint density at radius 1 is 0.482 bits per heavy atom. The molecule has 0 saturated carbocycles. The third kappa shape index (κ3) is 6.60. The molecule has 6 heteroatoms. The number of phenols is 1. The van der Waals surface area contributed by atoms with E-state index in [-0.39, 0.29) is 38.7 Å². The van der Waals surface area contributed by atoms with Crippen LogP contribution in [0, 0.1) is 6.07 Å². The van der Waals surface area contributed by atoms with E-state index in [0.29, 0.717) is 28.8 Å². The predicted octanol–water partition coefficient (Wildman–Crippen LogP) is 13.4. The smallest absolute Gasteiger partial charge is 0.149 e. The van der Waals surface area contributed by atoms with Crippen molar-refractivity contribution < 1.29 is 26.2 Å². The monoisotopic (exact) mass is 916 g/mol. The van der Waals surface area contributed by atoms with Crippen LogP contribution in [0.25, 0.3) is 67.3 Å². The van der Waals surface area contributed by atoms with E-state index in [0.717, 1.165) is 50.4 Å². The van der Waals surface area contributed by atoms with Gasteiger partial charge in [0, 0.05) is 37.9 Å². The molecule has 0 amide bonds. The fourth-order valence-electron chi connectivity index (χ4n) is 8.17. The summed E-state index contributed by atoms with van der Waals surface area (Å²) in [4.78, 5) is 10.7. The first-order valence-electron chi connectivity index (χ1n) is 19.6. The zero-order valence-corrected chi connectivity index (χ0v) is 35.7. The normalized spacial score (nSPS) is 11.8. The summed E-state index contributed by atoms with van der Waals surface area (Å²) in [5.41, 5.74) is 14.1. The van der Waals surface area contributed by atoms with E-state index in [9.17, 15) is 5.11 Å².